The molecule has 0 aliphatic heterocycles. The summed E-state index contributed by atoms with van der Waals surface area (Å²) in [4.78, 5) is 28.6. The van der Waals surface area contributed by atoms with E-state index in [1.165, 1.54) is 16.7 Å². The van der Waals surface area contributed by atoms with E-state index in [1.54, 1.807) is 0 Å². The average molecular weight is 319 g/mol. The second kappa shape index (κ2) is 11.9. The minimum atomic E-state index is -3.13. The highest BCUT2D eigenvalue weighted by Gasteiger charge is 1.92. The number of hydrogen-bond donors (Lipinski definition) is 4. The lowest BCUT2D eigenvalue weighted by molar-refractivity contribution is 0.403. The monoisotopic (exact) mass is 318 g/mol. The Balaban J connectivity index is 0. The van der Waals surface area contributed by atoms with E-state index in [1.807, 2.05) is 0 Å². The van der Waals surface area contributed by atoms with Crippen LogP contribution in [-0.4, -0.2) is 19.6 Å². The SMILES string of the molecule is Cc1ccc(CCl)cc1C.O=[PH](O)O.O=[PH](O)O. The van der Waals surface area contributed by atoms with Gasteiger partial charge < -0.3 is 19.6 Å². The van der Waals surface area contributed by atoms with Crippen LogP contribution in [0.15, 0.2) is 18.2 Å². The van der Waals surface area contributed by atoms with Gasteiger partial charge >= 0.3 is 16.5 Å². The summed E-state index contributed by atoms with van der Waals surface area (Å²) in [5.41, 5.74) is 3.84. The van der Waals surface area contributed by atoms with Crippen LogP contribution in [0.1, 0.15) is 16.7 Å². The van der Waals surface area contributed by atoms with Crippen LogP contribution in [0.3, 0.4) is 0 Å². The Hall–Kier alpha value is -0.190. The minimum absolute atomic E-state index is 0.612. The Kier molecular flexibility index (Phi) is 13.3. The number of aryl methyl sites for hydroxylation is 2. The molecular weight excluding hydrogens is 301 g/mol. The highest BCUT2D eigenvalue weighted by Crippen LogP contribution is 2.10. The highest BCUT2D eigenvalue weighted by molar-refractivity contribution is 7.31. The molecule has 9 heteroatoms. The second-order valence-electron chi connectivity index (χ2n) is 3.12. The van der Waals surface area contributed by atoms with E-state index in [2.05, 4.69) is 32.0 Å². The molecule has 0 fully saturated rings. The van der Waals surface area contributed by atoms with Gasteiger partial charge in [-0.25, -0.2) is 0 Å². The fourth-order valence-corrected chi connectivity index (χ4v) is 1.05. The van der Waals surface area contributed by atoms with Gasteiger partial charge in [-0.3, -0.25) is 9.13 Å². The average Bonchev–Trinajstić information content (AvgIpc) is 2.20. The number of rotatable bonds is 1. The van der Waals surface area contributed by atoms with Crippen molar-refractivity contribution < 1.29 is 28.7 Å². The lowest BCUT2D eigenvalue weighted by Crippen LogP contribution is -1.83. The van der Waals surface area contributed by atoms with Crippen molar-refractivity contribution in [3.8, 4) is 0 Å². The third-order valence-corrected chi connectivity index (χ3v) is 2.03. The molecule has 0 amide bonds. The quantitative estimate of drug-likeness (QED) is 0.463. The van der Waals surface area contributed by atoms with Gasteiger partial charge in [0.15, 0.2) is 0 Å². The number of hydrogen-bond acceptors (Lipinski definition) is 2. The first-order chi connectivity index (χ1) is 8.20. The molecule has 0 unspecified atom stereocenters. The van der Waals surface area contributed by atoms with Gasteiger partial charge in [0.25, 0.3) is 0 Å². The molecule has 18 heavy (non-hydrogen) atoms. The Morgan fingerprint density at radius 1 is 1.00 bits per heavy atom. The maximum absolute atomic E-state index is 8.74. The van der Waals surface area contributed by atoms with Gasteiger partial charge in [-0.2, -0.15) is 0 Å². The topological polar surface area (TPSA) is 115 Å². The Bertz CT molecular complexity index is 379. The number of alkyl halides is 1. The summed E-state index contributed by atoms with van der Waals surface area (Å²) in [6, 6.07) is 6.30. The molecule has 0 aromatic heterocycles. The molecular formula is C9H17ClO6P2. The molecule has 1 aromatic carbocycles. The summed E-state index contributed by atoms with van der Waals surface area (Å²) in [7, 11) is -6.26. The molecule has 0 aliphatic rings. The van der Waals surface area contributed by atoms with Crippen LogP contribution in [0.2, 0.25) is 0 Å². The van der Waals surface area contributed by atoms with Gasteiger partial charge in [0, 0.05) is 5.88 Å². The summed E-state index contributed by atoms with van der Waals surface area (Å²) < 4.78 is 17.5. The molecule has 1 rings (SSSR count). The van der Waals surface area contributed by atoms with Crippen LogP contribution in [0.25, 0.3) is 0 Å². The van der Waals surface area contributed by atoms with Crippen LogP contribution in [0.5, 0.6) is 0 Å². The second-order valence-corrected chi connectivity index (χ2v) is 4.51. The largest absolute Gasteiger partial charge is 0.326 e. The van der Waals surface area contributed by atoms with Gasteiger partial charge in [-0.15, -0.1) is 11.6 Å². The summed E-state index contributed by atoms with van der Waals surface area (Å²) in [6.07, 6.45) is 0. The highest BCUT2D eigenvalue weighted by atomic mass is 35.5. The lowest BCUT2D eigenvalue weighted by atomic mass is 10.1. The van der Waals surface area contributed by atoms with Gasteiger partial charge in [-0.05, 0) is 30.5 Å². The van der Waals surface area contributed by atoms with Crippen LogP contribution in [0.4, 0.5) is 0 Å². The molecule has 0 bridgehead atoms. The van der Waals surface area contributed by atoms with E-state index in [4.69, 9.17) is 40.3 Å². The van der Waals surface area contributed by atoms with Crippen molar-refractivity contribution in [3.05, 3.63) is 34.9 Å². The third kappa shape index (κ3) is 15.8. The smallest absolute Gasteiger partial charge is 0.314 e. The summed E-state index contributed by atoms with van der Waals surface area (Å²) in [5.74, 6) is 0.612. The van der Waals surface area contributed by atoms with E-state index < -0.39 is 16.5 Å². The van der Waals surface area contributed by atoms with E-state index >= 15 is 0 Å². The normalized spacial score (nSPS) is 9.39. The molecule has 1 aromatic rings. The number of halogens is 1. The Morgan fingerprint density at radius 3 is 1.67 bits per heavy atom. The van der Waals surface area contributed by atoms with Crippen molar-refractivity contribution >= 4 is 28.1 Å². The predicted octanol–water partition coefficient (Wildman–Crippen LogP) is 1.76. The van der Waals surface area contributed by atoms with Crippen LogP contribution < -0.4 is 0 Å². The van der Waals surface area contributed by atoms with Crippen LogP contribution >= 0.6 is 28.1 Å². The zero-order valence-electron chi connectivity index (χ0n) is 9.92. The van der Waals surface area contributed by atoms with Crippen molar-refractivity contribution in [3.63, 3.8) is 0 Å². The lowest BCUT2D eigenvalue weighted by Gasteiger charge is -2.00. The fraction of sp³-hybridized carbons (Fsp3) is 0.333. The van der Waals surface area contributed by atoms with Crippen LogP contribution in [0, 0.1) is 13.8 Å². The van der Waals surface area contributed by atoms with Crippen molar-refractivity contribution in [1.82, 2.24) is 0 Å². The Morgan fingerprint density at radius 2 is 1.39 bits per heavy atom. The van der Waals surface area contributed by atoms with E-state index in [0.29, 0.717) is 5.88 Å². The van der Waals surface area contributed by atoms with Gasteiger partial charge in [-0.1, -0.05) is 18.2 Å². The molecule has 6 nitrogen and oxygen atoms in total. The van der Waals surface area contributed by atoms with E-state index in [-0.39, 0.29) is 0 Å². The molecule has 4 N–H and O–H groups in total. The van der Waals surface area contributed by atoms with E-state index in [9.17, 15) is 0 Å². The first-order valence-electron chi connectivity index (χ1n) is 4.66. The molecule has 0 heterocycles. The molecule has 0 saturated carbocycles. The van der Waals surface area contributed by atoms with Crippen molar-refractivity contribution in [1.29, 1.82) is 0 Å². The van der Waals surface area contributed by atoms with Gasteiger partial charge in [0.1, 0.15) is 0 Å². The molecule has 0 spiro atoms. The van der Waals surface area contributed by atoms with Gasteiger partial charge in [0.2, 0.25) is 0 Å². The minimum Gasteiger partial charge on any atom is -0.326 e. The predicted molar refractivity (Wildman–Crippen MR) is 72.4 cm³/mol. The molecule has 0 aliphatic carbocycles. The number of benzene rings is 1. The molecule has 0 atom stereocenters. The molecule has 0 radical (unpaired) electrons. The Labute approximate surface area is 112 Å². The molecule has 0 saturated heterocycles. The molecule has 106 valence electrons. The van der Waals surface area contributed by atoms with Gasteiger partial charge in [0.05, 0.1) is 0 Å². The maximum Gasteiger partial charge on any atom is 0.314 e. The van der Waals surface area contributed by atoms with E-state index in [0.717, 1.165) is 0 Å². The maximum atomic E-state index is 8.74. The summed E-state index contributed by atoms with van der Waals surface area (Å²) in [6.45, 7) is 4.21. The summed E-state index contributed by atoms with van der Waals surface area (Å²) >= 11 is 5.65. The standard InChI is InChI=1S/C9H11Cl.2H3O3P/c1-7-3-4-9(6-10)5-8(7)2;2*1-4(2)3/h3-5H,6H2,1-2H3;2*4H,(H2,1,2,3). The zero-order valence-corrected chi connectivity index (χ0v) is 12.7. The van der Waals surface area contributed by atoms with Crippen molar-refractivity contribution in [2.24, 2.45) is 0 Å². The summed E-state index contributed by atoms with van der Waals surface area (Å²) in [5, 5.41) is 0. The zero-order chi connectivity index (χ0) is 14.7. The third-order valence-electron chi connectivity index (χ3n) is 1.73. The first-order valence-corrected chi connectivity index (χ1v) is 7.80. The van der Waals surface area contributed by atoms with Crippen molar-refractivity contribution in [2.45, 2.75) is 19.7 Å². The van der Waals surface area contributed by atoms with Crippen molar-refractivity contribution in [2.75, 3.05) is 0 Å². The fourth-order valence-electron chi connectivity index (χ4n) is 0.887. The van der Waals surface area contributed by atoms with Crippen LogP contribution in [-0.2, 0) is 15.0 Å². The first kappa shape index (κ1) is 20.1.